The van der Waals surface area contributed by atoms with Crippen LogP contribution in [0.1, 0.15) is 29.9 Å². The van der Waals surface area contributed by atoms with Crippen LogP contribution in [0.5, 0.6) is 5.75 Å². The standard InChI is InChI=1S/C18H21NO/c20-18-8-6-15(7-9-18)14-19-12-10-17(11-13-19)16-4-2-1-3-5-16/h1-9,17,20H,10-14H2. The van der Waals surface area contributed by atoms with Crippen molar-refractivity contribution in [1.29, 1.82) is 0 Å². The van der Waals surface area contributed by atoms with Gasteiger partial charge in [-0.1, -0.05) is 42.5 Å². The van der Waals surface area contributed by atoms with E-state index in [4.69, 9.17) is 0 Å². The molecule has 1 aliphatic heterocycles. The zero-order valence-corrected chi connectivity index (χ0v) is 11.7. The van der Waals surface area contributed by atoms with E-state index in [0.29, 0.717) is 11.7 Å². The highest BCUT2D eigenvalue weighted by Gasteiger charge is 2.20. The second-order valence-corrected chi connectivity index (χ2v) is 5.63. The van der Waals surface area contributed by atoms with E-state index >= 15 is 0 Å². The highest BCUT2D eigenvalue weighted by atomic mass is 16.3. The first kappa shape index (κ1) is 13.2. The Morgan fingerprint density at radius 2 is 1.55 bits per heavy atom. The Bertz CT molecular complexity index is 527. The predicted molar refractivity (Wildman–Crippen MR) is 81.8 cm³/mol. The van der Waals surface area contributed by atoms with E-state index in [1.807, 2.05) is 12.1 Å². The Kier molecular flexibility index (Phi) is 4.03. The first-order valence-electron chi connectivity index (χ1n) is 7.36. The van der Waals surface area contributed by atoms with Crippen LogP contribution in [0.15, 0.2) is 54.6 Å². The predicted octanol–water partition coefficient (Wildman–Crippen LogP) is 3.77. The van der Waals surface area contributed by atoms with E-state index < -0.39 is 0 Å². The van der Waals surface area contributed by atoms with E-state index in [1.165, 1.54) is 24.0 Å². The third kappa shape index (κ3) is 3.20. The number of aromatic hydroxyl groups is 1. The van der Waals surface area contributed by atoms with Gasteiger partial charge in [-0.25, -0.2) is 0 Å². The maximum absolute atomic E-state index is 9.31. The molecule has 3 rings (SSSR count). The van der Waals surface area contributed by atoms with Gasteiger partial charge in [-0.3, -0.25) is 4.90 Å². The second kappa shape index (κ2) is 6.10. The van der Waals surface area contributed by atoms with E-state index in [1.54, 1.807) is 12.1 Å². The third-order valence-corrected chi connectivity index (χ3v) is 4.20. The first-order chi connectivity index (χ1) is 9.81. The fourth-order valence-corrected chi connectivity index (χ4v) is 3.01. The molecule has 2 heteroatoms. The van der Waals surface area contributed by atoms with E-state index in [0.717, 1.165) is 19.6 Å². The molecule has 1 N–H and O–H groups in total. The zero-order chi connectivity index (χ0) is 13.8. The van der Waals surface area contributed by atoms with Crippen LogP contribution in [0.25, 0.3) is 0 Å². The molecule has 2 aromatic rings. The Morgan fingerprint density at radius 3 is 2.20 bits per heavy atom. The molecule has 2 nitrogen and oxygen atoms in total. The van der Waals surface area contributed by atoms with Crippen LogP contribution in [-0.2, 0) is 6.54 Å². The van der Waals surface area contributed by atoms with Gasteiger partial charge < -0.3 is 5.11 Å². The lowest BCUT2D eigenvalue weighted by molar-refractivity contribution is 0.204. The molecule has 1 saturated heterocycles. The molecule has 0 aliphatic carbocycles. The van der Waals surface area contributed by atoms with E-state index in [2.05, 4.69) is 35.2 Å². The second-order valence-electron chi connectivity index (χ2n) is 5.63. The molecule has 0 spiro atoms. The highest BCUT2D eigenvalue weighted by Crippen LogP contribution is 2.28. The maximum atomic E-state index is 9.31. The van der Waals surface area contributed by atoms with E-state index in [-0.39, 0.29) is 0 Å². The number of nitrogens with zero attached hydrogens (tertiary/aromatic N) is 1. The molecular weight excluding hydrogens is 246 g/mol. The molecule has 0 saturated carbocycles. The van der Waals surface area contributed by atoms with Crippen LogP contribution < -0.4 is 0 Å². The van der Waals surface area contributed by atoms with E-state index in [9.17, 15) is 5.11 Å². The summed E-state index contributed by atoms with van der Waals surface area (Å²) in [5, 5.41) is 9.31. The summed E-state index contributed by atoms with van der Waals surface area (Å²) in [7, 11) is 0. The number of likely N-dealkylation sites (tertiary alicyclic amines) is 1. The van der Waals surface area contributed by atoms with Crippen molar-refractivity contribution in [2.24, 2.45) is 0 Å². The van der Waals surface area contributed by atoms with Gasteiger partial charge in [-0.05, 0) is 55.1 Å². The SMILES string of the molecule is Oc1ccc(CN2CCC(c3ccccc3)CC2)cc1. The summed E-state index contributed by atoms with van der Waals surface area (Å²) in [6.07, 6.45) is 2.48. The first-order valence-corrected chi connectivity index (χ1v) is 7.36. The van der Waals surface area contributed by atoms with Crippen LogP contribution in [-0.4, -0.2) is 23.1 Å². The van der Waals surface area contributed by atoms with Gasteiger partial charge in [-0.2, -0.15) is 0 Å². The number of rotatable bonds is 3. The Labute approximate surface area is 120 Å². The van der Waals surface area contributed by atoms with Gasteiger partial charge in [-0.15, -0.1) is 0 Å². The van der Waals surface area contributed by atoms with Crippen molar-refractivity contribution >= 4 is 0 Å². The lowest BCUT2D eigenvalue weighted by atomic mass is 9.89. The molecule has 20 heavy (non-hydrogen) atoms. The van der Waals surface area contributed by atoms with Gasteiger partial charge in [0.1, 0.15) is 5.75 Å². The maximum Gasteiger partial charge on any atom is 0.115 e. The number of benzene rings is 2. The Hall–Kier alpha value is -1.80. The normalized spacial score (nSPS) is 17.2. The number of hydrogen-bond acceptors (Lipinski definition) is 2. The minimum absolute atomic E-state index is 0.344. The van der Waals surface area contributed by atoms with Gasteiger partial charge in [0.2, 0.25) is 0 Å². The molecule has 2 aromatic carbocycles. The van der Waals surface area contributed by atoms with Gasteiger partial charge in [0.25, 0.3) is 0 Å². The number of hydrogen-bond donors (Lipinski definition) is 1. The summed E-state index contributed by atoms with van der Waals surface area (Å²) in [4.78, 5) is 2.51. The molecule has 1 fully saturated rings. The average Bonchev–Trinajstić information content (AvgIpc) is 2.51. The Morgan fingerprint density at radius 1 is 0.900 bits per heavy atom. The third-order valence-electron chi connectivity index (χ3n) is 4.20. The summed E-state index contributed by atoms with van der Waals surface area (Å²) in [6, 6.07) is 18.4. The molecule has 0 bridgehead atoms. The van der Waals surface area contributed by atoms with Gasteiger partial charge in [0.05, 0.1) is 0 Å². The largest absolute Gasteiger partial charge is 0.508 e. The zero-order valence-electron chi connectivity index (χ0n) is 11.7. The summed E-state index contributed by atoms with van der Waals surface area (Å²) in [6.45, 7) is 3.29. The number of phenols is 1. The number of piperidine rings is 1. The summed E-state index contributed by atoms with van der Waals surface area (Å²) in [5.41, 5.74) is 2.76. The molecule has 0 atom stereocenters. The fourth-order valence-electron chi connectivity index (χ4n) is 3.01. The summed E-state index contributed by atoms with van der Waals surface area (Å²) in [5.74, 6) is 1.06. The molecule has 104 valence electrons. The molecule has 0 radical (unpaired) electrons. The van der Waals surface area contributed by atoms with Crippen molar-refractivity contribution in [1.82, 2.24) is 4.90 Å². The van der Waals surface area contributed by atoms with Crippen LogP contribution in [0.2, 0.25) is 0 Å². The Balaban J connectivity index is 1.55. The molecular formula is C18H21NO. The quantitative estimate of drug-likeness (QED) is 0.915. The summed E-state index contributed by atoms with van der Waals surface area (Å²) < 4.78 is 0. The number of phenolic OH excluding ortho intramolecular Hbond substituents is 1. The molecule has 0 amide bonds. The monoisotopic (exact) mass is 267 g/mol. The van der Waals surface area contributed by atoms with Crippen molar-refractivity contribution in [3.63, 3.8) is 0 Å². The molecule has 1 aliphatic rings. The van der Waals surface area contributed by atoms with Gasteiger partial charge in [0, 0.05) is 6.54 Å². The molecule has 1 heterocycles. The smallest absolute Gasteiger partial charge is 0.115 e. The fraction of sp³-hybridized carbons (Fsp3) is 0.333. The molecule has 0 aromatic heterocycles. The van der Waals surface area contributed by atoms with Crippen LogP contribution in [0.3, 0.4) is 0 Å². The van der Waals surface area contributed by atoms with Crippen LogP contribution in [0, 0.1) is 0 Å². The van der Waals surface area contributed by atoms with Crippen LogP contribution in [0.4, 0.5) is 0 Å². The minimum Gasteiger partial charge on any atom is -0.508 e. The lowest BCUT2D eigenvalue weighted by Crippen LogP contribution is -2.32. The minimum atomic E-state index is 0.344. The topological polar surface area (TPSA) is 23.5 Å². The van der Waals surface area contributed by atoms with Crippen molar-refractivity contribution in [2.45, 2.75) is 25.3 Å². The van der Waals surface area contributed by atoms with Crippen molar-refractivity contribution < 1.29 is 5.11 Å². The molecule has 0 unspecified atom stereocenters. The lowest BCUT2D eigenvalue weighted by Gasteiger charge is -2.32. The highest BCUT2D eigenvalue weighted by molar-refractivity contribution is 5.26. The van der Waals surface area contributed by atoms with Crippen LogP contribution >= 0.6 is 0 Å². The van der Waals surface area contributed by atoms with Crippen molar-refractivity contribution in [3.8, 4) is 5.75 Å². The summed E-state index contributed by atoms with van der Waals surface area (Å²) >= 11 is 0. The van der Waals surface area contributed by atoms with Gasteiger partial charge in [0.15, 0.2) is 0 Å². The van der Waals surface area contributed by atoms with Crippen molar-refractivity contribution in [2.75, 3.05) is 13.1 Å². The average molecular weight is 267 g/mol. The van der Waals surface area contributed by atoms with Gasteiger partial charge >= 0.3 is 0 Å². The van der Waals surface area contributed by atoms with Crippen molar-refractivity contribution in [3.05, 3.63) is 65.7 Å².